The lowest BCUT2D eigenvalue weighted by Gasteiger charge is -2.20. The molecule has 2 atom stereocenters. The van der Waals surface area contributed by atoms with Gasteiger partial charge in [-0.25, -0.2) is 0 Å². The lowest BCUT2D eigenvalue weighted by molar-refractivity contribution is -0.121. The molecule has 0 aliphatic carbocycles. The first-order valence-electron chi connectivity index (χ1n) is 7.70. The van der Waals surface area contributed by atoms with Crippen molar-refractivity contribution in [2.45, 2.75) is 78.2 Å². The van der Waals surface area contributed by atoms with Crippen molar-refractivity contribution >= 4 is 12.1 Å². The van der Waals surface area contributed by atoms with Crippen LogP contribution in [0, 0.1) is 5.92 Å². The monoisotopic (exact) mass is 269 g/mol. The molecule has 0 aromatic carbocycles. The fraction of sp³-hybridized carbons (Fsp3) is 0.875. The van der Waals surface area contributed by atoms with E-state index in [1.54, 1.807) is 0 Å². The summed E-state index contributed by atoms with van der Waals surface area (Å²) in [5.41, 5.74) is 0. The van der Waals surface area contributed by atoms with E-state index < -0.39 is 5.78 Å². The van der Waals surface area contributed by atoms with Crippen LogP contribution in [-0.2, 0) is 14.3 Å². The molecule has 0 aromatic rings. The van der Waals surface area contributed by atoms with E-state index in [0.717, 1.165) is 19.3 Å². The fourth-order valence-electron chi connectivity index (χ4n) is 2.36. The van der Waals surface area contributed by atoms with Crippen LogP contribution in [-0.4, -0.2) is 24.8 Å². The van der Waals surface area contributed by atoms with Crippen LogP contribution >= 0.6 is 0 Å². The Morgan fingerprint density at radius 3 is 2.16 bits per heavy atom. The molecule has 0 heterocycles. The highest BCUT2D eigenvalue weighted by Gasteiger charge is 2.25. The summed E-state index contributed by atoms with van der Waals surface area (Å²) < 4.78 is 5.44. The van der Waals surface area contributed by atoms with Gasteiger partial charge in [0, 0.05) is 6.61 Å². The molecule has 0 spiro atoms. The quantitative estimate of drug-likeness (QED) is 0.377. The summed E-state index contributed by atoms with van der Waals surface area (Å²) in [6.45, 7) is 6.54. The Hall–Kier alpha value is -0.700. The standard InChI is InChI=1S/C16H29O3/c1-4-6-7-8-9-10-11-12-15(16(18)13-17)14(3)19-5-2/h14-15H,4-12H2,1-3H3. The molecule has 3 nitrogen and oxygen atoms in total. The van der Waals surface area contributed by atoms with Gasteiger partial charge in [0.25, 0.3) is 6.29 Å². The van der Waals surface area contributed by atoms with Gasteiger partial charge in [-0.3, -0.25) is 9.59 Å². The zero-order valence-corrected chi connectivity index (χ0v) is 12.7. The first kappa shape index (κ1) is 18.3. The molecule has 0 N–H and O–H groups in total. The Balaban J connectivity index is 3.86. The second kappa shape index (κ2) is 12.3. The summed E-state index contributed by atoms with van der Waals surface area (Å²) in [4.78, 5) is 22.1. The van der Waals surface area contributed by atoms with Crippen molar-refractivity contribution in [1.82, 2.24) is 0 Å². The van der Waals surface area contributed by atoms with Crippen LogP contribution in [0.5, 0.6) is 0 Å². The normalized spacial score (nSPS) is 14.1. The number of hydrogen-bond acceptors (Lipinski definition) is 3. The Morgan fingerprint density at radius 1 is 1.05 bits per heavy atom. The Bertz CT molecular complexity index is 238. The third-order valence-corrected chi connectivity index (χ3v) is 3.55. The molecule has 2 unspecified atom stereocenters. The summed E-state index contributed by atoms with van der Waals surface area (Å²) >= 11 is 0. The van der Waals surface area contributed by atoms with Gasteiger partial charge >= 0.3 is 0 Å². The van der Waals surface area contributed by atoms with Crippen molar-refractivity contribution in [2.24, 2.45) is 5.92 Å². The van der Waals surface area contributed by atoms with E-state index in [-0.39, 0.29) is 12.0 Å². The van der Waals surface area contributed by atoms with Crippen molar-refractivity contribution < 1.29 is 14.3 Å². The second-order valence-electron chi connectivity index (χ2n) is 5.14. The molecule has 3 heteroatoms. The Labute approximate surface area is 118 Å². The average molecular weight is 269 g/mol. The highest BCUT2D eigenvalue weighted by atomic mass is 16.5. The molecule has 0 fully saturated rings. The molecule has 0 aliphatic heterocycles. The highest BCUT2D eigenvalue weighted by Crippen LogP contribution is 2.18. The Morgan fingerprint density at radius 2 is 1.63 bits per heavy atom. The number of carbonyl (C=O) groups excluding carboxylic acids is 2. The van der Waals surface area contributed by atoms with Gasteiger partial charge < -0.3 is 4.74 Å². The molecule has 111 valence electrons. The minimum Gasteiger partial charge on any atom is -0.378 e. The lowest BCUT2D eigenvalue weighted by Crippen LogP contribution is -2.29. The van der Waals surface area contributed by atoms with Crippen molar-refractivity contribution in [3.05, 3.63) is 0 Å². The molecule has 0 rings (SSSR count). The molecule has 0 bridgehead atoms. The number of ketones is 1. The summed E-state index contributed by atoms with van der Waals surface area (Å²) in [5, 5.41) is 0. The summed E-state index contributed by atoms with van der Waals surface area (Å²) in [6, 6.07) is 0. The average Bonchev–Trinajstić information content (AvgIpc) is 2.41. The van der Waals surface area contributed by atoms with Crippen LogP contribution in [0.1, 0.15) is 72.1 Å². The molecule has 19 heavy (non-hydrogen) atoms. The zero-order valence-electron chi connectivity index (χ0n) is 12.7. The molecule has 0 amide bonds. The van der Waals surface area contributed by atoms with Gasteiger partial charge in [-0.2, -0.15) is 0 Å². The van der Waals surface area contributed by atoms with Crippen LogP contribution in [0.15, 0.2) is 0 Å². The van der Waals surface area contributed by atoms with Crippen LogP contribution in [0.3, 0.4) is 0 Å². The van der Waals surface area contributed by atoms with E-state index in [2.05, 4.69) is 6.92 Å². The van der Waals surface area contributed by atoms with Gasteiger partial charge in [-0.15, -0.1) is 0 Å². The van der Waals surface area contributed by atoms with Gasteiger partial charge in [0.15, 0.2) is 0 Å². The molecular weight excluding hydrogens is 240 g/mol. The van der Waals surface area contributed by atoms with Gasteiger partial charge in [-0.1, -0.05) is 51.9 Å². The number of hydrogen-bond donors (Lipinski definition) is 0. The number of ether oxygens (including phenoxy) is 1. The van der Waals surface area contributed by atoms with Crippen molar-refractivity contribution in [3.63, 3.8) is 0 Å². The predicted molar refractivity (Wildman–Crippen MR) is 77.9 cm³/mol. The molecule has 0 saturated heterocycles. The van der Waals surface area contributed by atoms with E-state index in [1.807, 2.05) is 13.8 Å². The summed E-state index contributed by atoms with van der Waals surface area (Å²) in [5.74, 6) is -0.750. The van der Waals surface area contributed by atoms with E-state index in [1.165, 1.54) is 38.4 Å². The predicted octanol–water partition coefficient (Wildman–Crippen LogP) is 3.85. The maximum Gasteiger partial charge on any atom is 0.272 e. The highest BCUT2D eigenvalue weighted by molar-refractivity contribution is 6.26. The Kier molecular flexibility index (Phi) is 11.9. The van der Waals surface area contributed by atoms with Gasteiger partial charge in [-0.05, 0) is 20.3 Å². The molecule has 0 saturated carbocycles. The topological polar surface area (TPSA) is 43.4 Å². The fourth-order valence-corrected chi connectivity index (χ4v) is 2.36. The largest absolute Gasteiger partial charge is 0.378 e. The van der Waals surface area contributed by atoms with Crippen molar-refractivity contribution in [1.29, 1.82) is 0 Å². The first-order chi connectivity index (χ1) is 9.17. The summed E-state index contributed by atoms with van der Waals surface area (Å²) in [7, 11) is 0. The third-order valence-electron chi connectivity index (χ3n) is 3.55. The van der Waals surface area contributed by atoms with Crippen LogP contribution < -0.4 is 0 Å². The number of unbranched alkanes of at least 4 members (excludes halogenated alkanes) is 6. The van der Waals surface area contributed by atoms with Crippen molar-refractivity contribution in [3.8, 4) is 0 Å². The first-order valence-corrected chi connectivity index (χ1v) is 7.70. The van der Waals surface area contributed by atoms with E-state index in [0.29, 0.717) is 6.61 Å². The maximum absolute atomic E-state index is 11.5. The molecular formula is C16H29O3. The minimum atomic E-state index is -0.438. The van der Waals surface area contributed by atoms with E-state index >= 15 is 0 Å². The lowest BCUT2D eigenvalue weighted by atomic mass is 9.92. The SMILES string of the molecule is CCCCCCCCCC(C(=O)[C]=O)C(C)OCC. The number of Topliss-reactive ketones (excluding diaryl/α,β-unsaturated/α-hetero) is 1. The van der Waals surface area contributed by atoms with Gasteiger partial charge in [0.1, 0.15) is 0 Å². The molecule has 0 aromatic heterocycles. The van der Waals surface area contributed by atoms with Crippen molar-refractivity contribution in [2.75, 3.05) is 6.61 Å². The minimum absolute atomic E-state index is 0.181. The van der Waals surface area contributed by atoms with Gasteiger partial charge in [0.2, 0.25) is 5.78 Å². The van der Waals surface area contributed by atoms with Gasteiger partial charge in [0.05, 0.1) is 12.0 Å². The number of carbonyl (C=O) groups is 1. The third kappa shape index (κ3) is 8.93. The smallest absolute Gasteiger partial charge is 0.272 e. The molecule has 1 radical (unpaired) electrons. The van der Waals surface area contributed by atoms with E-state index in [4.69, 9.17) is 4.74 Å². The number of rotatable bonds is 13. The van der Waals surface area contributed by atoms with Crippen LogP contribution in [0.2, 0.25) is 0 Å². The zero-order chi connectivity index (χ0) is 14.5. The molecule has 0 aliphatic rings. The van der Waals surface area contributed by atoms with Crippen LogP contribution in [0.4, 0.5) is 0 Å². The van der Waals surface area contributed by atoms with Crippen LogP contribution in [0.25, 0.3) is 0 Å². The summed E-state index contributed by atoms with van der Waals surface area (Å²) in [6.07, 6.45) is 10.5. The second-order valence-corrected chi connectivity index (χ2v) is 5.14. The maximum atomic E-state index is 11.5. The van der Waals surface area contributed by atoms with E-state index in [9.17, 15) is 9.59 Å².